The molecule has 0 saturated carbocycles. The number of ether oxygens (including phenoxy) is 1. The summed E-state index contributed by atoms with van der Waals surface area (Å²) in [5.41, 5.74) is 1.20. The molecule has 0 bridgehead atoms. The lowest BCUT2D eigenvalue weighted by molar-refractivity contribution is -0.146. The summed E-state index contributed by atoms with van der Waals surface area (Å²) < 4.78 is 4.84. The number of anilines is 1. The van der Waals surface area contributed by atoms with Crippen molar-refractivity contribution in [3.05, 3.63) is 30.3 Å². The van der Waals surface area contributed by atoms with Crippen LogP contribution in [-0.2, 0) is 14.3 Å². The molecule has 29 heavy (non-hydrogen) atoms. The first kappa shape index (κ1) is 21.0. The van der Waals surface area contributed by atoms with E-state index in [9.17, 15) is 9.59 Å². The predicted molar refractivity (Wildman–Crippen MR) is 113 cm³/mol. The summed E-state index contributed by atoms with van der Waals surface area (Å²) >= 11 is 0. The van der Waals surface area contributed by atoms with Crippen molar-refractivity contribution < 1.29 is 14.3 Å². The molecule has 1 N–H and O–H groups in total. The van der Waals surface area contributed by atoms with Gasteiger partial charge in [0.1, 0.15) is 0 Å². The molecule has 1 amide bonds. The number of amides is 1. The van der Waals surface area contributed by atoms with Gasteiger partial charge in [-0.15, -0.1) is 0 Å². The van der Waals surface area contributed by atoms with Crippen molar-refractivity contribution in [2.45, 2.75) is 12.8 Å². The highest BCUT2D eigenvalue weighted by Crippen LogP contribution is 2.18. The van der Waals surface area contributed by atoms with Gasteiger partial charge < -0.3 is 24.8 Å². The van der Waals surface area contributed by atoms with E-state index in [1.165, 1.54) is 12.8 Å². The minimum absolute atomic E-state index is 0.0445. The van der Waals surface area contributed by atoms with Crippen LogP contribution in [0.2, 0.25) is 0 Å². The van der Waals surface area contributed by atoms with Crippen molar-refractivity contribution in [2.24, 2.45) is 10.9 Å². The third-order valence-corrected chi connectivity index (χ3v) is 5.69. The van der Waals surface area contributed by atoms with Crippen LogP contribution in [-0.4, -0.2) is 87.6 Å². The number of carbonyl (C=O) groups is 2. The van der Waals surface area contributed by atoms with Crippen LogP contribution >= 0.6 is 0 Å². The van der Waals surface area contributed by atoms with Crippen LogP contribution < -0.4 is 10.2 Å². The number of nitrogens with one attached hydrogen (secondary N) is 1. The molecule has 3 rings (SSSR count). The Labute approximate surface area is 172 Å². The molecule has 2 aliphatic heterocycles. The van der Waals surface area contributed by atoms with E-state index in [0.717, 1.165) is 52.1 Å². The number of nitrogens with zero attached hydrogens (tertiary/aromatic N) is 4. The van der Waals surface area contributed by atoms with Gasteiger partial charge in [-0.05, 0) is 25.0 Å². The molecule has 1 aromatic carbocycles. The van der Waals surface area contributed by atoms with Gasteiger partial charge in [0.15, 0.2) is 5.96 Å². The number of rotatable bonds is 4. The molecule has 0 aromatic heterocycles. The molecule has 0 atom stereocenters. The summed E-state index contributed by atoms with van der Waals surface area (Å²) in [6, 6.07) is 10.3. The lowest BCUT2D eigenvalue weighted by Gasteiger charge is -2.37. The Kier molecular flexibility index (Phi) is 7.32. The molecule has 0 aliphatic carbocycles. The van der Waals surface area contributed by atoms with Gasteiger partial charge in [-0.3, -0.25) is 14.6 Å². The van der Waals surface area contributed by atoms with Crippen molar-refractivity contribution >= 4 is 23.5 Å². The Balaban J connectivity index is 1.42. The molecule has 2 saturated heterocycles. The third-order valence-electron chi connectivity index (χ3n) is 5.69. The number of likely N-dealkylation sites (tertiary alicyclic amines) is 1. The number of benzene rings is 1. The van der Waals surface area contributed by atoms with Crippen molar-refractivity contribution in [3.63, 3.8) is 0 Å². The minimum Gasteiger partial charge on any atom is -0.469 e. The molecule has 2 heterocycles. The van der Waals surface area contributed by atoms with Crippen molar-refractivity contribution in [3.8, 4) is 0 Å². The summed E-state index contributed by atoms with van der Waals surface area (Å²) in [7, 11) is 3.15. The highest BCUT2D eigenvalue weighted by molar-refractivity contribution is 5.86. The number of hydrogen-bond acceptors (Lipinski definition) is 5. The van der Waals surface area contributed by atoms with Crippen molar-refractivity contribution in [2.75, 3.05) is 64.9 Å². The second-order valence-corrected chi connectivity index (χ2v) is 7.39. The van der Waals surface area contributed by atoms with Gasteiger partial charge in [-0.25, -0.2) is 0 Å². The third kappa shape index (κ3) is 5.40. The van der Waals surface area contributed by atoms with E-state index in [1.54, 1.807) is 7.05 Å². The van der Waals surface area contributed by atoms with Crippen molar-refractivity contribution in [1.29, 1.82) is 0 Å². The fourth-order valence-electron chi connectivity index (χ4n) is 3.95. The average molecular weight is 402 g/mol. The summed E-state index contributed by atoms with van der Waals surface area (Å²) in [5.74, 6) is 0.613. The van der Waals surface area contributed by atoms with Gasteiger partial charge in [0.25, 0.3) is 0 Å². The first-order valence-corrected chi connectivity index (χ1v) is 10.2. The summed E-state index contributed by atoms with van der Waals surface area (Å²) in [6.45, 7) is 4.80. The van der Waals surface area contributed by atoms with Gasteiger partial charge in [-0.1, -0.05) is 18.2 Å². The molecule has 8 heteroatoms. The lowest BCUT2D eigenvalue weighted by Crippen LogP contribution is -2.53. The molecule has 0 radical (unpaired) electrons. The topological polar surface area (TPSA) is 77.5 Å². The zero-order chi connectivity index (χ0) is 20.6. The summed E-state index contributed by atoms with van der Waals surface area (Å²) in [6.07, 6.45) is 1.48. The highest BCUT2D eigenvalue weighted by atomic mass is 16.5. The highest BCUT2D eigenvalue weighted by Gasteiger charge is 2.27. The molecule has 0 spiro atoms. The molecular weight excluding hydrogens is 370 g/mol. The first-order valence-electron chi connectivity index (χ1n) is 10.2. The number of esters is 1. The number of para-hydroxylation sites is 1. The zero-order valence-electron chi connectivity index (χ0n) is 17.3. The molecular formula is C21H31N5O3. The van der Waals surface area contributed by atoms with E-state index in [-0.39, 0.29) is 24.3 Å². The number of carbonyl (C=O) groups excluding carboxylic acids is 2. The van der Waals surface area contributed by atoms with Crippen LogP contribution in [0.15, 0.2) is 35.3 Å². The molecule has 0 unspecified atom stereocenters. The van der Waals surface area contributed by atoms with Crippen LogP contribution in [0.1, 0.15) is 12.8 Å². The van der Waals surface area contributed by atoms with E-state index in [0.29, 0.717) is 5.96 Å². The minimum atomic E-state index is -0.141. The van der Waals surface area contributed by atoms with Crippen LogP contribution in [0, 0.1) is 5.92 Å². The van der Waals surface area contributed by atoms with E-state index in [2.05, 4.69) is 32.2 Å². The average Bonchev–Trinajstić information content (AvgIpc) is 2.80. The Morgan fingerprint density at radius 2 is 1.69 bits per heavy atom. The monoisotopic (exact) mass is 401 g/mol. The van der Waals surface area contributed by atoms with Gasteiger partial charge >= 0.3 is 5.97 Å². The van der Waals surface area contributed by atoms with E-state index < -0.39 is 0 Å². The number of guanidine groups is 1. The predicted octanol–water partition coefficient (Wildman–Crippen LogP) is 0.796. The maximum absolute atomic E-state index is 12.6. The molecule has 2 aliphatic rings. The largest absolute Gasteiger partial charge is 0.469 e. The van der Waals surface area contributed by atoms with E-state index in [4.69, 9.17) is 4.74 Å². The number of methoxy groups -OCH3 is 1. The fraction of sp³-hybridized carbons (Fsp3) is 0.571. The quantitative estimate of drug-likeness (QED) is 0.457. The van der Waals surface area contributed by atoms with Gasteiger partial charge in [0.05, 0.1) is 19.6 Å². The van der Waals surface area contributed by atoms with Crippen LogP contribution in [0.25, 0.3) is 0 Å². The van der Waals surface area contributed by atoms with Crippen LogP contribution in [0.4, 0.5) is 5.69 Å². The molecule has 2 fully saturated rings. The fourth-order valence-corrected chi connectivity index (χ4v) is 3.95. The van der Waals surface area contributed by atoms with Gasteiger partial charge in [-0.2, -0.15) is 0 Å². The second-order valence-electron chi connectivity index (χ2n) is 7.39. The zero-order valence-corrected chi connectivity index (χ0v) is 17.3. The Bertz CT molecular complexity index is 708. The summed E-state index contributed by atoms with van der Waals surface area (Å²) in [4.78, 5) is 34.9. The number of aliphatic imine (C=N–C) groups is 1. The second kappa shape index (κ2) is 10.1. The van der Waals surface area contributed by atoms with E-state index in [1.807, 2.05) is 23.1 Å². The maximum Gasteiger partial charge on any atom is 0.308 e. The SMILES string of the molecule is CN=C(NCC(=O)N1CCN(c2ccccc2)CC1)N1CCC(C(=O)OC)CC1. The number of hydrogen-bond donors (Lipinski definition) is 1. The normalized spacial score (nSPS) is 18.6. The van der Waals surface area contributed by atoms with Crippen LogP contribution in [0.3, 0.4) is 0 Å². The number of piperazine rings is 1. The smallest absolute Gasteiger partial charge is 0.308 e. The first-order chi connectivity index (χ1) is 14.1. The Morgan fingerprint density at radius 3 is 2.28 bits per heavy atom. The Morgan fingerprint density at radius 1 is 1.03 bits per heavy atom. The summed E-state index contributed by atoms with van der Waals surface area (Å²) in [5, 5.41) is 3.19. The molecule has 1 aromatic rings. The van der Waals surface area contributed by atoms with Crippen LogP contribution in [0.5, 0.6) is 0 Å². The number of piperidine rings is 1. The van der Waals surface area contributed by atoms with Gasteiger partial charge in [0.2, 0.25) is 5.91 Å². The van der Waals surface area contributed by atoms with E-state index >= 15 is 0 Å². The molecule has 8 nitrogen and oxygen atoms in total. The maximum atomic E-state index is 12.6. The molecule has 158 valence electrons. The van der Waals surface area contributed by atoms with Gasteiger partial charge in [0, 0.05) is 52.0 Å². The lowest BCUT2D eigenvalue weighted by atomic mass is 9.97. The standard InChI is InChI=1S/C21H31N5O3/c1-22-21(26-10-8-17(9-11-26)20(28)29-2)23-16-19(27)25-14-12-24(13-15-25)18-6-4-3-5-7-18/h3-7,17H,8-16H2,1-2H3,(H,22,23). The Hall–Kier alpha value is -2.77. The van der Waals surface area contributed by atoms with Crippen molar-refractivity contribution in [1.82, 2.24) is 15.1 Å².